The maximum Gasteiger partial charge on any atom is 0.126 e. The average Bonchev–Trinajstić information content (AvgIpc) is 3.00. The maximum atomic E-state index is 4.59. The van der Waals surface area contributed by atoms with Gasteiger partial charge in [-0.15, -0.1) is 0 Å². The Bertz CT molecular complexity index is 1410. The monoisotopic (exact) mass is 497 g/mol. The third kappa shape index (κ3) is 5.95. The lowest BCUT2D eigenvalue weighted by Crippen LogP contribution is -2.26. The van der Waals surface area contributed by atoms with Crippen LogP contribution in [-0.4, -0.2) is 4.98 Å². The molecule has 2 atom stereocenters. The minimum absolute atomic E-state index is 0.0539. The van der Waals surface area contributed by atoms with Gasteiger partial charge in [0.1, 0.15) is 5.82 Å². The molecule has 3 nitrogen and oxygen atoms in total. The summed E-state index contributed by atoms with van der Waals surface area (Å²) in [5.74, 6) is 0.848. The molecular formula is C35H35N3. The fraction of sp³-hybridized carbons (Fsp3) is 0.171. The zero-order chi connectivity index (χ0) is 26.2. The minimum atomic E-state index is -0.0604. The van der Waals surface area contributed by atoms with E-state index < -0.39 is 0 Å². The summed E-state index contributed by atoms with van der Waals surface area (Å²) in [5, 5.41) is 7.70. The molecule has 2 N–H and O–H groups in total. The Labute approximate surface area is 226 Å². The third-order valence-electron chi connectivity index (χ3n) is 7.04. The smallest absolute Gasteiger partial charge is 0.126 e. The SMILES string of the molecule is CCc1cc(CC)cc(-c2ccccc2N[C@@H](c2ccccc2)[C@@H](Nc2ccccn2)c2ccccc2)c1. The number of aryl methyl sites for hydroxylation is 2. The van der Waals surface area contributed by atoms with Crippen LogP contribution in [0.25, 0.3) is 11.1 Å². The number of nitrogens with zero attached hydrogens (tertiary/aromatic N) is 1. The predicted octanol–water partition coefficient (Wildman–Crippen LogP) is 8.88. The van der Waals surface area contributed by atoms with Crippen molar-refractivity contribution in [2.24, 2.45) is 0 Å². The van der Waals surface area contributed by atoms with Crippen LogP contribution in [0.5, 0.6) is 0 Å². The van der Waals surface area contributed by atoms with Gasteiger partial charge in [-0.05, 0) is 58.9 Å². The van der Waals surface area contributed by atoms with Gasteiger partial charge in [-0.2, -0.15) is 0 Å². The summed E-state index contributed by atoms with van der Waals surface area (Å²) in [6.45, 7) is 4.45. The summed E-state index contributed by atoms with van der Waals surface area (Å²) < 4.78 is 0. The van der Waals surface area contributed by atoms with E-state index in [-0.39, 0.29) is 12.1 Å². The molecule has 0 aliphatic rings. The first-order valence-corrected chi connectivity index (χ1v) is 13.5. The molecule has 0 aliphatic heterocycles. The molecule has 0 unspecified atom stereocenters. The van der Waals surface area contributed by atoms with Gasteiger partial charge in [0.2, 0.25) is 0 Å². The van der Waals surface area contributed by atoms with E-state index >= 15 is 0 Å². The van der Waals surface area contributed by atoms with Gasteiger partial charge in [0.25, 0.3) is 0 Å². The van der Waals surface area contributed by atoms with Crippen LogP contribution in [0.15, 0.2) is 128 Å². The number of hydrogen-bond donors (Lipinski definition) is 2. The van der Waals surface area contributed by atoms with Crippen molar-refractivity contribution in [3.63, 3.8) is 0 Å². The van der Waals surface area contributed by atoms with Crippen molar-refractivity contribution in [2.75, 3.05) is 10.6 Å². The molecular weight excluding hydrogens is 462 g/mol. The molecule has 0 saturated carbocycles. The number of aromatic nitrogens is 1. The van der Waals surface area contributed by atoms with E-state index in [0.29, 0.717) is 0 Å². The number of para-hydroxylation sites is 1. The summed E-state index contributed by atoms with van der Waals surface area (Å²) in [7, 11) is 0. The topological polar surface area (TPSA) is 37.0 Å². The van der Waals surface area contributed by atoms with Crippen molar-refractivity contribution in [1.82, 2.24) is 4.98 Å². The zero-order valence-corrected chi connectivity index (χ0v) is 22.1. The van der Waals surface area contributed by atoms with Gasteiger partial charge in [0, 0.05) is 17.4 Å². The summed E-state index contributed by atoms with van der Waals surface area (Å²) in [6.07, 6.45) is 3.87. The van der Waals surface area contributed by atoms with Crippen molar-refractivity contribution in [3.05, 3.63) is 150 Å². The molecule has 0 saturated heterocycles. The molecule has 1 aromatic heterocycles. The van der Waals surface area contributed by atoms with Crippen molar-refractivity contribution in [3.8, 4) is 11.1 Å². The van der Waals surface area contributed by atoms with Crippen LogP contribution in [-0.2, 0) is 12.8 Å². The first-order valence-electron chi connectivity index (χ1n) is 13.5. The zero-order valence-electron chi connectivity index (χ0n) is 22.1. The summed E-state index contributed by atoms with van der Waals surface area (Å²) in [4.78, 5) is 4.59. The van der Waals surface area contributed by atoms with E-state index in [0.717, 1.165) is 24.3 Å². The second-order valence-electron chi connectivity index (χ2n) is 9.57. The van der Waals surface area contributed by atoms with Crippen LogP contribution in [0.1, 0.15) is 48.2 Å². The van der Waals surface area contributed by atoms with Crippen LogP contribution < -0.4 is 10.6 Å². The molecule has 5 aromatic rings. The van der Waals surface area contributed by atoms with E-state index in [1.54, 1.807) is 0 Å². The quantitative estimate of drug-likeness (QED) is 0.202. The Morgan fingerprint density at radius 3 is 1.71 bits per heavy atom. The Morgan fingerprint density at radius 2 is 1.13 bits per heavy atom. The molecule has 3 heteroatoms. The second kappa shape index (κ2) is 12.2. The second-order valence-corrected chi connectivity index (χ2v) is 9.57. The molecule has 0 amide bonds. The van der Waals surface area contributed by atoms with Crippen molar-refractivity contribution in [2.45, 2.75) is 38.8 Å². The van der Waals surface area contributed by atoms with Gasteiger partial charge in [-0.25, -0.2) is 4.98 Å². The van der Waals surface area contributed by atoms with Crippen LogP contribution in [0.4, 0.5) is 11.5 Å². The molecule has 0 fully saturated rings. The van der Waals surface area contributed by atoms with Crippen LogP contribution in [0.2, 0.25) is 0 Å². The Morgan fingerprint density at radius 1 is 0.579 bits per heavy atom. The molecule has 0 radical (unpaired) electrons. The lowest BCUT2D eigenvalue weighted by Gasteiger charge is -2.32. The lowest BCUT2D eigenvalue weighted by molar-refractivity contribution is 0.647. The summed E-state index contributed by atoms with van der Waals surface area (Å²) in [6, 6.07) is 42.8. The highest BCUT2D eigenvalue weighted by Crippen LogP contribution is 2.38. The Hall–Kier alpha value is -4.37. The van der Waals surface area contributed by atoms with Gasteiger partial charge < -0.3 is 10.6 Å². The van der Waals surface area contributed by atoms with E-state index in [9.17, 15) is 0 Å². The number of hydrogen-bond acceptors (Lipinski definition) is 3. The van der Waals surface area contributed by atoms with Gasteiger partial charge >= 0.3 is 0 Å². The molecule has 4 aromatic carbocycles. The number of benzene rings is 4. The Balaban J connectivity index is 1.61. The van der Waals surface area contributed by atoms with Crippen molar-refractivity contribution < 1.29 is 0 Å². The summed E-state index contributed by atoms with van der Waals surface area (Å²) in [5.41, 5.74) is 8.71. The third-order valence-corrected chi connectivity index (χ3v) is 7.04. The fourth-order valence-corrected chi connectivity index (χ4v) is 5.00. The Kier molecular flexibility index (Phi) is 8.15. The van der Waals surface area contributed by atoms with Gasteiger partial charge in [0.05, 0.1) is 12.1 Å². The van der Waals surface area contributed by atoms with Gasteiger partial charge in [0.15, 0.2) is 0 Å². The van der Waals surface area contributed by atoms with Crippen molar-refractivity contribution in [1.29, 1.82) is 0 Å². The predicted molar refractivity (Wildman–Crippen MR) is 160 cm³/mol. The average molecular weight is 498 g/mol. The molecule has 1 heterocycles. The maximum absolute atomic E-state index is 4.59. The van der Waals surface area contributed by atoms with Gasteiger partial charge in [-0.3, -0.25) is 0 Å². The highest BCUT2D eigenvalue weighted by molar-refractivity contribution is 5.79. The number of anilines is 2. The molecule has 0 spiro atoms. The first kappa shape index (κ1) is 25.3. The molecule has 5 rings (SSSR count). The fourth-order valence-electron chi connectivity index (χ4n) is 5.00. The standard InChI is InChI=1S/C35H35N3/c1-3-26-23-27(4-2)25-30(24-26)31-19-11-12-20-32(31)37-34(28-15-7-5-8-16-28)35(29-17-9-6-10-18-29)38-33-21-13-14-22-36-33/h5-25,34-35,37H,3-4H2,1-2H3,(H,36,38)/t34-,35-/m0/s1. The molecule has 38 heavy (non-hydrogen) atoms. The molecule has 0 bridgehead atoms. The highest BCUT2D eigenvalue weighted by atomic mass is 15.1. The van der Waals surface area contributed by atoms with E-state index in [2.05, 4.69) is 133 Å². The van der Waals surface area contributed by atoms with E-state index in [4.69, 9.17) is 0 Å². The van der Waals surface area contributed by atoms with Crippen LogP contribution in [0, 0.1) is 0 Å². The molecule has 190 valence electrons. The van der Waals surface area contributed by atoms with E-state index in [1.165, 1.54) is 33.4 Å². The number of pyridine rings is 1. The molecule has 0 aliphatic carbocycles. The summed E-state index contributed by atoms with van der Waals surface area (Å²) >= 11 is 0. The van der Waals surface area contributed by atoms with Gasteiger partial charge in [-0.1, -0.05) is 117 Å². The number of nitrogens with one attached hydrogen (secondary N) is 2. The highest BCUT2D eigenvalue weighted by Gasteiger charge is 2.26. The van der Waals surface area contributed by atoms with Crippen LogP contribution >= 0.6 is 0 Å². The lowest BCUT2D eigenvalue weighted by atomic mass is 9.91. The van der Waals surface area contributed by atoms with Crippen LogP contribution in [0.3, 0.4) is 0 Å². The van der Waals surface area contributed by atoms with E-state index in [1.807, 2.05) is 24.4 Å². The minimum Gasteiger partial charge on any atom is -0.375 e. The first-order chi connectivity index (χ1) is 18.7. The largest absolute Gasteiger partial charge is 0.375 e. The number of rotatable bonds is 10. The van der Waals surface area contributed by atoms with Crippen molar-refractivity contribution >= 4 is 11.5 Å². The normalized spacial score (nSPS) is 12.5.